The number of nitrogens with zero attached hydrogens (tertiary/aromatic N) is 1. The molecule has 0 spiro atoms. The molecule has 4 rings (SSSR count). The number of aromatic nitrogens is 2. The quantitative estimate of drug-likeness (QED) is 0.530. The van der Waals surface area contributed by atoms with Crippen molar-refractivity contribution >= 4 is 22.9 Å². The molecule has 1 N–H and O–H groups in total. The van der Waals surface area contributed by atoms with Gasteiger partial charge < -0.3 is 9.72 Å². The van der Waals surface area contributed by atoms with Crippen LogP contribution in [0, 0.1) is 0 Å². The summed E-state index contributed by atoms with van der Waals surface area (Å²) < 4.78 is 6.10. The van der Waals surface area contributed by atoms with Crippen LogP contribution in [0.4, 0.5) is 0 Å². The molecule has 3 aromatic carbocycles. The lowest BCUT2D eigenvalue weighted by molar-refractivity contribution is 0.513. The van der Waals surface area contributed by atoms with Gasteiger partial charge in [0.1, 0.15) is 5.75 Å². The number of benzene rings is 3. The number of para-hydroxylation sites is 3. The maximum atomic E-state index is 6.10. The van der Waals surface area contributed by atoms with Crippen molar-refractivity contribution in [1.82, 2.24) is 9.97 Å². The van der Waals surface area contributed by atoms with E-state index in [1.165, 1.54) is 0 Å². The smallest absolute Gasteiger partial charge is 0.174 e. The second-order valence-electron chi connectivity index (χ2n) is 5.44. The number of hydrogen-bond donors (Lipinski definition) is 1. The lowest BCUT2D eigenvalue weighted by Crippen LogP contribution is -1.97. The Labute approximate surface area is 140 Å². The van der Waals surface area contributed by atoms with E-state index in [-0.39, 0.29) is 0 Å². The highest BCUT2D eigenvalue weighted by Gasteiger charge is 2.10. The summed E-state index contributed by atoms with van der Waals surface area (Å²) in [5.41, 5.74) is 2.97. The molecule has 0 aliphatic carbocycles. The van der Waals surface area contributed by atoms with E-state index in [4.69, 9.17) is 4.74 Å². The Morgan fingerprint density at radius 2 is 1.46 bits per heavy atom. The minimum absolute atomic E-state index is 0.684. The van der Waals surface area contributed by atoms with Crippen LogP contribution < -0.4 is 4.74 Å². The van der Waals surface area contributed by atoms with E-state index in [9.17, 15) is 0 Å². The highest BCUT2D eigenvalue weighted by molar-refractivity contribution is 5.82. The highest BCUT2D eigenvalue weighted by atomic mass is 16.5. The number of H-pyrrole nitrogens is 1. The average molecular weight is 312 g/mol. The molecule has 0 aliphatic rings. The minimum atomic E-state index is 0.684. The number of hydrogen-bond acceptors (Lipinski definition) is 2. The van der Waals surface area contributed by atoms with E-state index >= 15 is 0 Å². The predicted molar refractivity (Wildman–Crippen MR) is 97.5 cm³/mol. The van der Waals surface area contributed by atoms with Gasteiger partial charge in [-0.15, -0.1) is 0 Å². The summed E-state index contributed by atoms with van der Waals surface area (Å²) >= 11 is 0. The van der Waals surface area contributed by atoms with Crippen molar-refractivity contribution in [1.29, 1.82) is 0 Å². The predicted octanol–water partition coefficient (Wildman–Crippen LogP) is 5.14. The summed E-state index contributed by atoms with van der Waals surface area (Å²) in [6, 6.07) is 27.8. The molecule has 116 valence electrons. The summed E-state index contributed by atoms with van der Waals surface area (Å²) in [6.45, 7) is 0. The van der Waals surface area contributed by atoms with Gasteiger partial charge in [0.2, 0.25) is 0 Å². The molecule has 1 heterocycles. The van der Waals surface area contributed by atoms with Gasteiger partial charge in [-0.3, -0.25) is 0 Å². The lowest BCUT2D eigenvalue weighted by atomic mass is 10.2. The lowest BCUT2D eigenvalue weighted by Gasteiger charge is -2.08. The number of rotatable bonds is 4. The molecule has 0 unspecified atom stereocenters. The summed E-state index contributed by atoms with van der Waals surface area (Å²) in [5.74, 6) is 2.17. The van der Waals surface area contributed by atoms with Gasteiger partial charge in [-0.25, -0.2) is 4.98 Å². The molecule has 3 nitrogen and oxygen atoms in total. The largest absolute Gasteiger partial charge is 0.453 e. The molecule has 0 amide bonds. The summed E-state index contributed by atoms with van der Waals surface area (Å²) in [4.78, 5) is 7.99. The number of nitrogens with one attached hydrogen (secondary N) is 1. The first-order chi connectivity index (χ1) is 11.9. The van der Waals surface area contributed by atoms with E-state index < -0.39 is 0 Å². The van der Waals surface area contributed by atoms with E-state index in [1.54, 1.807) is 0 Å². The van der Waals surface area contributed by atoms with Crippen molar-refractivity contribution in [3.8, 4) is 5.75 Å². The van der Waals surface area contributed by atoms with Crippen LogP contribution in [0.5, 0.6) is 5.75 Å². The van der Waals surface area contributed by atoms with E-state index in [0.717, 1.165) is 22.3 Å². The fraction of sp³-hybridized carbons (Fsp3) is 0. The molecule has 0 bridgehead atoms. The third kappa shape index (κ3) is 3.06. The zero-order valence-corrected chi connectivity index (χ0v) is 13.0. The molecular weight excluding hydrogens is 296 g/mol. The minimum Gasteiger partial charge on any atom is -0.453 e. The summed E-state index contributed by atoms with van der Waals surface area (Å²) in [5, 5.41) is 0. The van der Waals surface area contributed by atoms with Crippen molar-refractivity contribution < 1.29 is 4.74 Å². The zero-order valence-electron chi connectivity index (χ0n) is 13.0. The maximum absolute atomic E-state index is 6.10. The van der Waals surface area contributed by atoms with Crippen LogP contribution in [-0.4, -0.2) is 9.97 Å². The first-order valence-corrected chi connectivity index (χ1v) is 7.83. The normalized spacial score (nSPS) is 11.6. The summed E-state index contributed by atoms with van der Waals surface area (Å²) in [6.07, 6.45) is 1.99. The van der Waals surface area contributed by atoms with Gasteiger partial charge in [-0.1, -0.05) is 60.7 Å². The van der Waals surface area contributed by atoms with Crippen molar-refractivity contribution in [2.24, 2.45) is 0 Å². The van der Waals surface area contributed by atoms with Gasteiger partial charge >= 0.3 is 0 Å². The monoisotopic (exact) mass is 312 g/mol. The first kappa shape index (κ1) is 14.3. The van der Waals surface area contributed by atoms with Gasteiger partial charge in [0.05, 0.1) is 11.0 Å². The van der Waals surface area contributed by atoms with Crippen LogP contribution in [0.1, 0.15) is 11.4 Å². The molecule has 24 heavy (non-hydrogen) atoms. The van der Waals surface area contributed by atoms with E-state index in [2.05, 4.69) is 9.97 Å². The Balaban J connectivity index is 1.79. The number of imidazole rings is 1. The van der Waals surface area contributed by atoms with Gasteiger partial charge in [-0.05, 0) is 35.9 Å². The molecule has 4 aromatic rings. The van der Waals surface area contributed by atoms with Crippen LogP contribution in [0.25, 0.3) is 22.9 Å². The Hall–Kier alpha value is -3.33. The average Bonchev–Trinajstić information content (AvgIpc) is 3.07. The number of fused-ring (bicyclic) bond motifs is 1. The Kier molecular flexibility index (Phi) is 3.82. The van der Waals surface area contributed by atoms with E-state index in [0.29, 0.717) is 11.6 Å². The van der Waals surface area contributed by atoms with Crippen molar-refractivity contribution in [2.45, 2.75) is 0 Å². The Morgan fingerprint density at radius 1 is 0.792 bits per heavy atom. The Bertz CT molecular complexity index is 939. The standard InChI is InChI=1S/C21H16N2O/c1-3-9-16(10-4-1)15-20(24-17-11-5-2-6-12-17)21-22-18-13-7-8-14-19(18)23-21/h1-15H,(H,22,23)/b20-15+. The zero-order chi connectivity index (χ0) is 16.2. The number of aromatic amines is 1. The fourth-order valence-electron chi connectivity index (χ4n) is 2.53. The van der Waals surface area contributed by atoms with Crippen LogP contribution in [0.3, 0.4) is 0 Å². The van der Waals surface area contributed by atoms with Crippen molar-refractivity contribution in [3.05, 3.63) is 96.3 Å². The van der Waals surface area contributed by atoms with Gasteiger partial charge in [0.15, 0.2) is 11.6 Å². The first-order valence-electron chi connectivity index (χ1n) is 7.83. The van der Waals surface area contributed by atoms with Gasteiger partial charge in [-0.2, -0.15) is 0 Å². The van der Waals surface area contributed by atoms with Crippen LogP contribution >= 0.6 is 0 Å². The maximum Gasteiger partial charge on any atom is 0.174 e. The highest BCUT2D eigenvalue weighted by Crippen LogP contribution is 2.23. The molecule has 0 saturated heterocycles. The molecule has 0 radical (unpaired) electrons. The van der Waals surface area contributed by atoms with Crippen LogP contribution in [-0.2, 0) is 0 Å². The molecule has 0 fully saturated rings. The second kappa shape index (κ2) is 6.42. The van der Waals surface area contributed by atoms with E-state index in [1.807, 2.05) is 91.0 Å². The molecule has 0 saturated carbocycles. The second-order valence-corrected chi connectivity index (χ2v) is 5.44. The third-order valence-electron chi connectivity index (χ3n) is 3.69. The Morgan fingerprint density at radius 3 is 2.21 bits per heavy atom. The van der Waals surface area contributed by atoms with Gasteiger partial charge in [0, 0.05) is 0 Å². The van der Waals surface area contributed by atoms with Crippen LogP contribution in [0.2, 0.25) is 0 Å². The third-order valence-corrected chi connectivity index (χ3v) is 3.69. The molecule has 3 heteroatoms. The fourth-order valence-corrected chi connectivity index (χ4v) is 2.53. The van der Waals surface area contributed by atoms with Crippen LogP contribution in [0.15, 0.2) is 84.9 Å². The SMILES string of the molecule is C(=C(\Oc1ccccc1)c1nc2ccccc2[nH]1)/c1ccccc1. The van der Waals surface area contributed by atoms with Crippen molar-refractivity contribution in [3.63, 3.8) is 0 Å². The molecule has 0 aliphatic heterocycles. The topological polar surface area (TPSA) is 37.9 Å². The molecule has 0 atom stereocenters. The van der Waals surface area contributed by atoms with Crippen molar-refractivity contribution in [2.75, 3.05) is 0 Å². The van der Waals surface area contributed by atoms with Gasteiger partial charge in [0.25, 0.3) is 0 Å². The number of ether oxygens (including phenoxy) is 1. The molecular formula is C21H16N2O. The molecule has 1 aromatic heterocycles. The summed E-state index contributed by atoms with van der Waals surface area (Å²) in [7, 11) is 0.